The monoisotopic (exact) mass is 447 g/mol. The first kappa shape index (κ1) is 22.8. The summed E-state index contributed by atoms with van der Waals surface area (Å²) in [5, 5.41) is 0. The number of ether oxygens (including phenoxy) is 3. The van der Waals surface area contributed by atoms with Crippen molar-refractivity contribution in [2.45, 2.75) is 31.3 Å². The van der Waals surface area contributed by atoms with E-state index in [-0.39, 0.29) is 12.0 Å². The molecular formula is C24H31F2N3O3. The maximum Gasteiger partial charge on any atom is 0.159 e. The van der Waals surface area contributed by atoms with Crippen molar-refractivity contribution in [1.29, 1.82) is 0 Å². The Bertz CT molecular complexity index is 918. The van der Waals surface area contributed by atoms with Gasteiger partial charge in [0.2, 0.25) is 0 Å². The Labute approximate surface area is 187 Å². The Morgan fingerprint density at radius 3 is 2.41 bits per heavy atom. The minimum absolute atomic E-state index is 0.0834. The van der Waals surface area contributed by atoms with Crippen LogP contribution in [0, 0.1) is 17.6 Å². The van der Waals surface area contributed by atoms with Crippen LogP contribution in [-0.2, 0) is 6.54 Å². The van der Waals surface area contributed by atoms with Crippen LogP contribution in [0.4, 0.5) is 8.78 Å². The summed E-state index contributed by atoms with van der Waals surface area (Å²) >= 11 is 0. The van der Waals surface area contributed by atoms with E-state index >= 15 is 0 Å². The van der Waals surface area contributed by atoms with Gasteiger partial charge in [-0.25, -0.2) is 8.78 Å². The first-order valence-corrected chi connectivity index (χ1v) is 11.0. The summed E-state index contributed by atoms with van der Waals surface area (Å²) in [5.41, 5.74) is 8.44. The maximum absolute atomic E-state index is 13.8. The van der Waals surface area contributed by atoms with E-state index in [1.165, 1.54) is 12.1 Å². The van der Waals surface area contributed by atoms with E-state index < -0.39 is 11.6 Å². The van der Waals surface area contributed by atoms with Crippen LogP contribution in [0.2, 0.25) is 0 Å². The van der Waals surface area contributed by atoms with Gasteiger partial charge in [-0.2, -0.15) is 0 Å². The third kappa shape index (κ3) is 4.67. The van der Waals surface area contributed by atoms with Crippen LogP contribution < -0.4 is 25.1 Å². The Kier molecular flexibility index (Phi) is 7.13. The molecule has 0 amide bonds. The standard InChI is InChI=1S/C24H31F2N3O3/c1-30-17-10-22(31-2)19(23(11-17)32-3)14-29-8-4-5-16(13-29)24-18(12-27-28-24)15-6-7-20(25)21(26)9-15/h6-7,9-11,16,18,24,27-28H,4-5,8,12-14H2,1-3H3. The van der Waals surface area contributed by atoms with Crippen molar-refractivity contribution >= 4 is 0 Å². The van der Waals surface area contributed by atoms with Crippen molar-refractivity contribution in [2.75, 3.05) is 41.0 Å². The van der Waals surface area contributed by atoms with E-state index in [9.17, 15) is 8.78 Å². The molecule has 2 aliphatic heterocycles. The van der Waals surface area contributed by atoms with E-state index in [2.05, 4.69) is 15.8 Å². The largest absolute Gasteiger partial charge is 0.496 e. The van der Waals surface area contributed by atoms with Gasteiger partial charge in [-0.15, -0.1) is 0 Å². The van der Waals surface area contributed by atoms with Crippen LogP contribution in [0.1, 0.15) is 29.9 Å². The first-order valence-electron chi connectivity index (χ1n) is 11.0. The number of piperidine rings is 1. The second kappa shape index (κ2) is 10.0. The molecule has 0 aliphatic carbocycles. The Morgan fingerprint density at radius 1 is 1.00 bits per heavy atom. The van der Waals surface area contributed by atoms with Crippen molar-refractivity contribution in [3.63, 3.8) is 0 Å². The molecule has 0 saturated carbocycles. The van der Waals surface area contributed by atoms with E-state index in [1.807, 2.05) is 12.1 Å². The van der Waals surface area contributed by atoms with Gasteiger partial charge in [0.15, 0.2) is 11.6 Å². The van der Waals surface area contributed by atoms with Crippen LogP contribution in [0.5, 0.6) is 17.2 Å². The van der Waals surface area contributed by atoms with Crippen molar-refractivity contribution in [2.24, 2.45) is 5.92 Å². The molecule has 8 heteroatoms. The molecule has 0 spiro atoms. The zero-order valence-corrected chi connectivity index (χ0v) is 18.8. The predicted octanol–water partition coefficient (Wildman–Crippen LogP) is 3.46. The summed E-state index contributed by atoms with van der Waals surface area (Å²) in [7, 11) is 4.92. The maximum atomic E-state index is 13.8. The summed E-state index contributed by atoms with van der Waals surface area (Å²) in [4.78, 5) is 2.41. The summed E-state index contributed by atoms with van der Waals surface area (Å²) < 4.78 is 43.9. The van der Waals surface area contributed by atoms with E-state index in [1.54, 1.807) is 27.4 Å². The second-order valence-electron chi connectivity index (χ2n) is 8.48. The van der Waals surface area contributed by atoms with Crippen LogP contribution >= 0.6 is 0 Å². The molecule has 2 N–H and O–H groups in total. The molecule has 0 radical (unpaired) electrons. The smallest absolute Gasteiger partial charge is 0.159 e. The van der Waals surface area contributed by atoms with E-state index in [0.717, 1.165) is 48.6 Å². The fourth-order valence-corrected chi connectivity index (χ4v) is 5.01. The molecule has 2 aromatic rings. The highest BCUT2D eigenvalue weighted by Crippen LogP contribution is 2.37. The third-order valence-corrected chi connectivity index (χ3v) is 6.64. The van der Waals surface area contributed by atoms with Crippen molar-refractivity contribution < 1.29 is 23.0 Å². The SMILES string of the molecule is COc1cc(OC)c(CN2CCCC(C3NNCC3c3ccc(F)c(F)c3)C2)c(OC)c1. The average molecular weight is 448 g/mol. The predicted molar refractivity (Wildman–Crippen MR) is 118 cm³/mol. The minimum atomic E-state index is -0.810. The number of hydrogen-bond acceptors (Lipinski definition) is 6. The van der Waals surface area contributed by atoms with Gasteiger partial charge in [-0.1, -0.05) is 6.07 Å². The lowest BCUT2D eigenvalue weighted by Crippen LogP contribution is -2.46. The summed E-state index contributed by atoms with van der Waals surface area (Å²) in [6.45, 7) is 3.25. The number of nitrogens with zero attached hydrogens (tertiary/aromatic N) is 1. The highest BCUT2D eigenvalue weighted by Gasteiger charge is 2.37. The molecule has 0 bridgehead atoms. The average Bonchev–Trinajstić information content (AvgIpc) is 3.31. The molecule has 32 heavy (non-hydrogen) atoms. The highest BCUT2D eigenvalue weighted by atomic mass is 19.2. The van der Waals surface area contributed by atoms with Crippen LogP contribution in [-0.4, -0.2) is 51.9 Å². The van der Waals surface area contributed by atoms with E-state index in [4.69, 9.17) is 14.2 Å². The Balaban J connectivity index is 1.51. The lowest BCUT2D eigenvalue weighted by Gasteiger charge is -2.37. The quantitative estimate of drug-likeness (QED) is 0.678. The Morgan fingerprint density at radius 2 is 1.75 bits per heavy atom. The molecule has 2 aromatic carbocycles. The van der Waals surface area contributed by atoms with Crippen LogP contribution in [0.3, 0.4) is 0 Å². The molecule has 2 fully saturated rings. The number of hydrazine groups is 1. The number of rotatable bonds is 7. The van der Waals surface area contributed by atoms with Gasteiger partial charge in [0.25, 0.3) is 0 Å². The number of nitrogens with one attached hydrogen (secondary N) is 2. The van der Waals surface area contributed by atoms with Crippen LogP contribution in [0.15, 0.2) is 30.3 Å². The number of halogens is 2. The summed E-state index contributed by atoms with van der Waals surface area (Å²) in [6, 6.07) is 8.13. The van der Waals surface area contributed by atoms with Gasteiger partial charge in [0.1, 0.15) is 17.2 Å². The normalized spacial score (nSPS) is 23.8. The lowest BCUT2D eigenvalue weighted by atomic mass is 9.81. The van der Waals surface area contributed by atoms with Gasteiger partial charge in [0, 0.05) is 43.7 Å². The van der Waals surface area contributed by atoms with Crippen molar-refractivity contribution in [1.82, 2.24) is 15.8 Å². The first-order chi connectivity index (χ1) is 15.5. The topological polar surface area (TPSA) is 55.0 Å². The van der Waals surface area contributed by atoms with Gasteiger partial charge >= 0.3 is 0 Å². The van der Waals surface area contributed by atoms with Gasteiger partial charge in [-0.05, 0) is 43.0 Å². The van der Waals surface area contributed by atoms with Crippen molar-refractivity contribution in [3.8, 4) is 17.2 Å². The molecule has 2 aliphatic rings. The molecule has 3 unspecified atom stereocenters. The molecular weight excluding hydrogens is 416 g/mol. The van der Waals surface area contributed by atoms with E-state index in [0.29, 0.717) is 24.8 Å². The minimum Gasteiger partial charge on any atom is -0.496 e. The fourth-order valence-electron chi connectivity index (χ4n) is 5.01. The van der Waals surface area contributed by atoms with Gasteiger partial charge in [0.05, 0.1) is 26.9 Å². The number of benzene rings is 2. The Hall–Kier alpha value is -2.42. The fraction of sp³-hybridized carbons (Fsp3) is 0.500. The number of likely N-dealkylation sites (tertiary alicyclic amines) is 1. The summed E-state index contributed by atoms with van der Waals surface area (Å²) in [6.07, 6.45) is 2.14. The zero-order chi connectivity index (χ0) is 22.7. The number of hydrogen-bond donors (Lipinski definition) is 2. The lowest BCUT2D eigenvalue weighted by molar-refractivity contribution is 0.137. The third-order valence-electron chi connectivity index (χ3n) is 6.64. The molecule has 2 heterocycles. The zero-order valence-electron chi connectivity index (χ0n) is 18.8. The molecule has 0 aromatic heterocycles. The molecule has 174 valence electrons. The van der Waals surface area contributed by atoms with Crippen LogP contribution in [0.25, 0.3) is 0 Å². The second-order valence-corrected chi connectivity index (χ2v) is 8.48. The molecule has 3 atom stereocenters. The van der Waals surface area contributed by atoms with Gasteiger partial charge in [-0.3, -0.25) is 15.8 Å². The van der Waals surface area contributed by atoms with Crippen molar-refractivity contribution in [3.05, 3.63) is 53.1 Å². The highest BCUT2D eigenvalue weighted by molar-refractivity contribution is 5.50. The molecule has 2 saturated heterocycles. The van der Waals surface area contributed by atoms with Gasteiger partial charge < -0.3 is 14.2 Å². The summed E-state index contributed by atoms with van der Waals surface area (Å²) in [5.74, 6) is 1.02. The molecule has 4 rings (SSSR count). The number of methoxy groups -OCH3 is 3. The molecule has 6 nitrogen and oxygen atoms in total.